The zero-order valence-corrected chi connectivity index (χ0v) is 13.5. The van der Waals surface area contributed by atoms with Crippen molar-refractivity contribution < 1.29 is 36.2 Å². The van der Waals surface area contributed by atoms with Crippen LogP contribution >= 0.6 is 0 Å². The van der Waals surface area contributed by atoms with E-state index < -0.39 is 40.8 Å². The molecule has 0 aliphatic heterocycles. The molecule has 1 saturated carbocycles. The molecule has 2 rings (SSSR count). The minimum atomic E-state index is -4.90. The highest BCUT2D eigenvalue weighted by atomic mass is 19.4. The SMILES string of the molecule is CCC[C@@]1(C(=O)O)CC[C@H](c2cc(C(F)(F)F)cc(C(F)(F)F)c2)C1. The Bertz CT molecular complexity index is 617. The lowest BCUT2D eigenvalue weighted by Crippen LogP contribution is -2.27. The van der Waals surface area contributed by atoms with E-state index in [1.807, 2.05) is 0 Å². The Morgan fingerprint density at radius 3 is 2.04 bits per heavy atom. The molecule has 0 aromatic heterocycles. The van der Waals surface area contributed by atoms with Crippen LogP contribution in [-0.2, 0) is 17.1 Å². The van der Waals surface area contributed by atoms with E-state index in [9.17, 15) is 36.2 Å². The van der Waals surface area contributed by atoms with E-state index >= 15 is 0 Å². The van der Waals surface area contributed by atoms with Gasteiger partial charge in [0.15, 0.2) is 0 Å². The van der Waals surface area contributed by atoms with Crippen molar-refractivity contribution in [3.63, 3.8) is 0 Å². The number of hydrogen-bond donors (Lipinski definition) is 1. The summed E-state index contributed by atoms with van der Waals surface area (Å²) in [6.45, 7) is 1.80. The number of aliphatic carboxylic acids is 1. The van der Waals surface area contributed by atoms with Gasteiger partial charge in [0.1, 0.15) is 0 Å². The number of carbonyl (C=O) groups is 1. The van der Waals surface area contributed by atoms with Gasteiger partial charge in [0.25, 0.3) is 0 Å². The summed E-state index contributed by atoms with van der Waals surface area (Å²) >= 11 is 0. The molecule has 0 radical (unpaired) electrons. The second-order valence-electron chi connectivity index (χ2n) is 6.61. The van der Waals surface area contributed by atoms with Crippen LogP contribution in [0, 0.1) is 5.41 Å². The fourth-order valence-corrected chi connectivity index (χ4v) is 3.63. The average molecular weight is 368 g/mol. The van der Waals surface area contributed by atoms with Crippen molar-refractivity contribution in [1.82, 2.24) is 0 Å². The number of alkyl halides is 6. The van der Waals surface area contributed by atoms with E-state index in [0.29, 0.717) is 25.0 Å². The number of rotatable bonds is 4. The Balaban J connectivity index is 2.44. The number of hydrogen-bond acceptors (Lipinski definition) is 1. The Morgan fingerprint density at radius 1 is 1.12 bits per heavy atom. The Morgan fingerprint density at radius 2 is 1.64 bits per heavy atom. The number of carboxylic acid groups (broad SMARTS) is 1. The smallest absolute Gasteiger partial charge is 0.416 e. The molecule has 8 heteroatoms. The molecule has 1 aliphatic carbocycles. The standard InChI is InChI=1S/C17H18F6O2/c1-2-4-15(14(24)25)5-3-10(9-15)11-6-12(16(18,19)20)8-13(7-11)17(21,22)23/h6-8,10H,2-5,9H2,1H3,(H,24,25)/t10-,15+/m0/s1. The molecule has 1 aromatic carbocycles. The van der Waals surface area contributed by atoms with Gasteiger partial charge in [-0.15, -0.1) is 0 Å². The largest absolute Gasteiger partial charge is 0.481 e. The van der Waals surface area contributed by atoms with Gasteiger partial charge in [-0.2, -0.15) is 26.3 Å². The molecule has 0 saturated heterocycles. The summed E-state index contributed by atoms with van der Waals surface area (Å²) in [5.41, 5.74) is -3.89. The molecule has 0 spiro atoms. The molecule has 0 amide bonds. The van der Waals surface area contributed by atoms with E-state index in [1.165, 1.54) is 0 Å². The van der Waals surface area contributed by atoms with Crippen LogP contribution in [0.4, 0.5) is 26.3 Å². The molecule has 1 fully saturated rings. The van der Waals surface area contributed by atoms with Crippen molar-refractivity contribution in [3.8, 4) is 0 Å². The maximum absolute atomic E-state index is 13.0. The molecule has 2 nitrogen and oxygen atoms in total. The summed E-state index contributed by atoms with van der Waals surface area (Å²) in [4.78, 5) is 11.6. The lowest BCUT2D eigenvalue weighted by atomic mass is 9.80. The highest BCUT2D eigenvalue weighted by Gasteiger charge is 2.46. The van der Waals surface area contributed by atoms with Crippen molar-refractivity contribution in [2.45, 2.75) is 57.3 Å². The van der Waals surface area contributed by atoms with Crippen LogP contribution in [0.25, 0.3) is 0 Å². The van der Waals surface area contributed by atoms with Crippen molar-refractivity contribution >= 4 is 5.97 Å². The predicted molar refractivity (Wildman–Crippen MR) is 78.0 cm³/mol. The fraction of sp³-hybridized carbons (Fsp3) is 0.588. The van der Waals surface area contributed by atoms with Gasteiger partial charge in [0.2, 0.25) is 0 Å². The van der Waals surface area contributed by atoms with Crippen LogP contribution in [0.5, 0.6) is 0 Å². The molecular weight excluding hydrogens is 350 g/mol. The Hall–Kier alpha value is -1.73. The van der Waals surface area contributed by atoms with Crippen LogP contribution < -0.4 is 0 Å². The fourth-order valence-electron chi connectivity index (χ4n) is 3.63. The highest BCUT2D eigenvalue weighted by molar-refractivity contribution is 5.75. The van der Waals surface area contributed by atoms with Gasteiger partial charge in [-0.05, 0) is 55.4 Å². The summed E-state index contributed by atoms with van der Waals surface area (Å²) in [7, 11) is 0. The van der Waals surface area contributed by atoms with Gasteiger partial charge in [-0.3, -0.25) is 4.79 Å². The Kier molecular flexibility index (Phi) is 5.12. The molecule has 2 atom stereocenters. The lowest BCUT2D eigenvalue weighted by molar-refractivity contribution is -0.149. The van der Waals surface area contributed by atoms with Gasteiger partial charge in [0, 0.05) is 0 Å². The van der Waals surface area contributed by atoms with Crippen LogP contribution in [0.1, 0.15) is 61.6 Å². The van der Waals surface area contributed by atoms with Crippen molar-refractivity contribution in [2.24, 2.45) is 5.41 Å². The summed E-state index contributed by atoms with van der Waals surface area (Å²) in [5, 5.41) is 9.47. The molecule has 0 unspecified atom stereocenters. The van der Waals surface area contributed by atoms with Gasteiger partial charge < -0.3 is 5.11 Å². The van der Waals surface area contributed by atoms with Crippen molar-refractivity contribution in [3.05, 3.63) is 34.9 Å². The first-order valence-corrected chi connectivity index (χ1v) is 7.92. The summed E-state index contributed by atoms with van der Waals surface area (Å²) in [6.07, 6.45) is -8.32. The molecule has 1 aromatic rings. The van der Waals surface area contributed by atoms with Crippen LogP contribution in [0.2, 0.25) is 0 Å². The third kappa shape index (κ3) is 4.10. The molecule has 1 aliphatic rings. The molecular formula is C17H18F6O2. The van der Waals surface area contributed by atoms with Crippen molar-refractivity contribution in [2.75, 3.05) is 0 Å². The Labute approximate surface area is 140 Å². The van der Waals surface area contributed by atoms with E-state index in [2.05, 4.69) is 0 Å². The van der Waals surface area contributed by atoms with E-state index in [-0.39, 0.29) is 30.9 Å². The van der Waals surface area contributed by atoms with Crippen LogP contribution in [-0.4, -0.2) is 11.1 Å². The first-order valence-electron chi connectivity index (χ1n) is 7.92. The van der Waals surface area contributed by atoms with Crippen LogP contribution in [0.3, 0.4) is 0 Å². The average Bonchev–Trinajstić information content (AvgIpc) is 2.91. The van der Waals surface area contributed by atoms with E-state index in [1.54, 1.807) is 6.92 Å². The topological polar surface area (TPSA) is 37.3 Å². The lowest BCUT2D eigenvalue weighted by Gasteiger charge is -2.24. The zero-order valence-electron chi connectivity index (χ0n) is 13.5. The first kappa shape index (κ1) is 19.6. The zero-order chi connectivity index (χ0) is 19.0. The minimum absolute atomic E-state index is 0.0504. The molecule has 0 heterocycles. The second kappa shape index (κ2) is 6.53. The summed E-state index contributed by atoms with van der Waals surface area (Å²) in [6, 6.07) is 1.52. The van der Waals surface area contributed by atoms with Gasteiger partial charge in [-0.25, -0.2) is 0 Å². The van der Waals surface area contributed by atoms with E-state index in [4.69, 9.17) is 0 Å². The number of carboxylic acids is 1. The van der Waals surface area contributed by atoms with Gasteiger partial charge in [0.05, 0.1) is 16.5 Å². The second-order valence-corrected chi connectivity index (χ2v) is 6.61. The normalized spacial score (nSPS) is 24.5. The number of halogens is 6. The van der Waals surface area contributed by atoms with Gasteiger partial charge in [-0.1, -0.05) is 13.3 Å². The van der Waals surface area contributed by atoms with Crippen molar-refractivity contribution in [1.29, 1.82) is 0 Å². The predicted octanol–water partition coefficient (Wildman–Crippen LogP) is 5.86. The maximum atomic E-state index is 13.0. The minimum Gasteiger partial charge on any atom is -0.481 e. The molecule has 140 valence electrons. The third-order valence-electron chi connectivity index (χ3n) is 4.87. The van der Waals surface area contributed by atoms with Crippen LogP contribution in [0.15, 0.2) is 18.2 Å². The summed E-state index contributed by atoms with van der Waals surface area (Å²) < 4.78 is 77.8. The monoisotopic (exact) mass is 368 g/mol. The maximum Gasteiger partial charge on any atom is 0.416 e. The summed E-state index contributed by atoms with van der Waals surface area (Å²) in [5.74, 6) is -1.68. The van der Waals surface area contributed by atoms with E-state index in [0.717, 1.165) is 0 Å². The first-order chi connectivity index (χ1) is 11.4. The highest BCUT2D eigenvalue weighted by Crippen LogP contribution is 2.50. The molecule has 1 N–H and O–H groups in total. The third-order valence-corrected chi connectivity index (χ3v) is 4.87. The molecule has 25 heavy (non-hydrogen) atoms. The van der Waals surface area contributed by atoms with Gasteiger partial charge >= 0.3 is 18.3 Å². The number of benzene rings is 1. The quantitative estimate of drug-likeness (QED) is 0.676. The molecule has 0 bridgehead atoms.